The fraction of sp³-hybridized carbons (Fsp3) is 0.455. The molecule has 1 heterocycles. The molecule has 0 unspecified atom stereocenters. The Morgan fingerprint density at radius 3 is 2.46 bits per heavy atom. The average Bonchev–Trinajstić information content (AvgIpc) is 3.06. The largest absolute Gasteiger partial charge is 0.497 e. The molecule has 6 heteroatoms. The number of hydrogen-bond acceptors (Lipinski definition) is 4. The molecule has 0 atom stereocenters. The van der Waals surface area contributed by atoms with Crippen LogP contribution in [0.2, 0.25) is 0 Å². The molecule has 3 rings (SSSR count). The van der Waals surface area contributed by atoms with E-state index in [9.17, 15) is 9.59 Å². The van der Waals surface area contributed by atoms with Gasteiger partial charge in [0.1, 0.15) is 17.9 Å². The molecule has 0 bridgehead atoms. The van der Waals surface area contributed by atoms with Crippen molar-refractivity contribution >= 4 is 11.9 Å². The Bertz CT molecular complexity index is 831. The zero-order valence-corrected chi connectivity index (χ0v) is 16.4. The minimum absolute atomic E-state index is 0.120. The highest BCUT2D eigenvalue weighted by Crippen LogP contribution is 2.39. The minimum atomic E-state index is -1.02. The second-order valence-corrected chi connectivity index (χ2v) is 7.54. The number of furan rings is 1. The number of carboxylic acids is 1. The highest BCUT2D eigenvalue weighted by Gasteiger charge is 2.35. The number of benzene rings is 1. The summed E-state index contributed by atoms with van der Waals surface area (Å²) < 4.78 is 10.6. The van der Waals surface area contributed by atoms with Gasteiger partial charge in [-0.15, -0.1) is 0 Å². The summed E-state index contributed by atoms with van der Waals surface area (Å²) in [4.78, 5) is 23.9. The zero-order valence-electron chi connectivity index (χ0n) is 16.4. The Kier molecular flexibility index (Phi) is 6.07. The molecule has 6 nitrogen and oxygen atoms in total. The van der Waals surface area contributed by atoms with E-state index < -0.39 is 5.97 Å². The minimum Gasteiger partial charge on any atom is -0.497 e. The summed E-state index contributed by atoms with van der Waals surface area (Å²) in [6, 6.07) is 8.07. The molecule has 1 fully saturated rings. The van der Waals surface area contributed by atoms with Crippen LogP contribution in [-0.4, -0.2) is 30.6 Å². The third-order valence-electron chi connectivity index (χ3n) is 5.69. The summed E-state index contributed by atoms with van der Waals surface area (Å²) in [6.07, 6.45) is 6.59. The molecule has 0 radical (unpaired) electrons. The van der Waals surface area contributed by atoms with Crippen molar-refractivity contribution in [2.75, 3.05) is 13.7 Å². The number of carbonyl (C=O) groups is 2. The van der Waals surface area contributed by atoms with E-state index in [2.05, 4.69) is 17.4 Å². The average molecular weight is 385 g/mol. The third kappa shape index (κ3) is 4.21. The lowest BCUT2D eigenvalue weighted by molar-refractivity contribution is -0.136. The summed E-state index contributed by atoms with van der Waals surface area (Å²) in [5.74, 6) is -0.290. The molecule has 1 aromatic carbocycles. The Morgan fingerprint density at radius 1 is 1.18 bits per heavy atom. The first-order valence-corrected chi connectivity index (χ1v) is 9.67. The van der Waals surface area contributed by atoms with Gasteiger partial charge in [0.2, 0.25) is 0 Å². The topological polar surface area (TPSA) is 88.8 Å². The molecule has 1 amide bonds. The first kappa shape index (κ1) is 20.0. The number of amides is 1. The molecule has 150 valence electrons. The number of carbonyl (C=O) groups excluding carboxylic acids is 1. The fourth-order valence-corrected chi connectivity index (χ4v) is 4.15. The van der Waals surface area contributed by atoms with Crippen LogP contribution in [-0.2, 0) is 16.6 Å². The van der Waals surface area contributed by atoms with Gasteiger partial charge < -0.3 is 19.6 Å². The third-order valence-corrected chi connectivity index (χ3v) is 5.69. The summed E-state index contributed by atoms with van der Waals surface area (Å²) in [5, 5.41) is 12.1. The van der Waals surface area contributed by atoms with Gasteiger partial charge in [-0.1, -0.05) is 31.4 Å². The predicted molar refractivity (Wildman–Crippen MR) is 105 cm³/mol. The molecule has 0 aliphatic heterocycles. The van der Waals surface area contributed by atoms with Gasteiger partial charge in [0.25, 0.3) is 5.91 Å². The second-order valence-electron chi connectivity index (χ2n) is 7.54. The van der Waals surface area contributed by atoms with Gasteiger partial charge in [0, 0.05) is 17.5 Å². The van der Waals surface area contributed by atoms with Gasteiger partial charge in [-0.3, -0.25) is 9.59 Å². The van der Waals surface area contributed by atoms with Gasteiger partial charge in [-0.2, -0.15) is 0 Å². The molecule has 2 aromatic rings. The molecule has 0 spiro atoms. The number of aryl methyl sites for hydroxylation is 1. The van der Waals surface area contributed by atoms with Gasteiger partial charge in [-0.25, -0.2) is 0 Å². The van der Waals surface area contributed by atoms with Crippen molar-refractivity contribution < 1.29 is 23.8 Å². The molecular formula is C22H27NO5. The molecule has 1 aliphatic rings. The van der Waals surface area contributed by atoms with Crippen LogP contribution in [0.1, 0.15) is 59.3 Å². The monoisotopic (exact) mass is 385 g/mol. The van der Waals surface area contributed by atoms with Crippen LogP contribution in [0.25, 0.3) is 0 Å². The quantitative estimate of drug-likeness (QED) is 0.756. The lowest BCUT2D eigenvalue weighted by Gasteiger charge is -2.38. The Labute approximate surface area is 164 Å². The summed E-state index contributed by atoms with van der Waals surface area (Å²) in [7, 11) is 1.65. The Morgan fingerprint density at radius 2 is 1.86 bits per heavy atom. The standard InChI is InChI=1S/C22H27NO5/c1-15-13-28-18(12-19(24)25)20(15)21(26)23-14-22(10-4-3-5-11-22)16-6-8-17(27-2)9-7-16/h6-9,13H,3-5,10-12,14H2,1-2H3,(H,23,26)(H,24,25). The lowest BCUT2D eigenvalue weighted by atomic mass is 9.69. The van der Waals surface area contributed by atoms with Crippen molar-refractivity contribution in [3.05, 3.63) is 53.0 Å². The van der Waals surface area contributed by atoms with Crippen molar-refractivity contribution in [2.24, 2.45) is 0 Å². The molecule has 2 N–H and O–H groups in total. The van der Waals surface area contributed by atoms with E-state index in [4.69, 9.17) is 14.3 Å². The van der Waals surface area contributed by atoms with E-state index >= 15 is 0 Å². The van der Waals surface area contributed by atoms with Crippen LogP contribution in [0.4, 0.5) is 0 Å². The number of hydrogen-bond donors (Lipinski definition) is 2. The highest BCUT2D eigenvalue weighted by molar-refractivity contribution is 5.97. The van der Waals surface area contributed by atoms with Crippen LogP contribution >= 0.6 is 0 Å². The van der Waals surface area contributed by atoms with Gasteiger partial charge >= 0.3 is 5.97 Å². The van der Waals surface area contributed by atoms with Crippen molar-refractivity contribution in [3.8, 4) is 5.75 Å². The van der Waals surface area contributed by atoms with Crippen molar-refractivity contribution in [1.82, 2.24) is 5.32 Å². The van der Waals surface area contributed by atoms with Crippen molar-refractivity contribution in [1.29, 1.82) is 0 Å². The summed E-state index contributed by atoms with van der Waals surface area (Å²) >= 11 is 0. The molecule has 1 saturated carbocycles. The Hall–Kier alpha value is -2.76. The van der Waals surface area contributed by atoms with Crippen molar-refractivity contribution in [3.63, 3.8) is 0 Å². The highest BCUT2D eigenvalue weighted by atomic mass is 16.5. The van der Waals surface area contributed by atoms with Crippen LogP contribution in [0, 0.1) is 6.92 Å². The predicted octanol–water partition coefficient (Wildman–Crippen LogP) is 3.86. The number of aliphatic carboxylic acids is 1. The van der Waals surface area contributed by atoms with Crippen LogP contribution < -0.4 is 10.1 Å². The zero-order chi connectivity index (χ0) is 20.1. The first-order chi connectivity index (χ1) is 13.4. The molecule has 1 aromatic heterocycles. The first-order valence-electron chi connectivity index (χ1n) is 9.67. The number of rotatable bonds is 7. The Balaban J connectivity index is 1.80. The number of carboxylic acid groups (broad SMARTS) is 1. The molecule has 0 saturated heterocycles. The normalized spacial score (nSPS) is 15.8. The number of ether oxygens (including phenoxy) is 1. The maximum absolute atomic E-state index is 12.9. The van der Waals surface area contributed by atoms with E-state index in [0.717, 1.165) is 31.4 Å². The van der Waals surface area contributed by atoms with Gasteiger partial charge in [0.05, 0.1) is 18.9 Å². The molecular weight excluding hydrogens is 358 g/mol. The number of nitrogens with one attached hydrogen (secondary N) is 1. The summed E-state index contributed by atoms with van der Waals surface area (Å²) in [6.45, 7) is 2.26. The maximum Gasteiger partial charge on any atom is 0.311 e. The lowest BCUT2D eigenvalue weighted by Crippen LogP contribution is -2.42. The summed E-state index contributed by atoms with van der Waals surface area (Å²) in [5.41, 5.74) is 2.06. The van der Waals surface area contributed by atoms with Crippen LogP contribution in [0.3, 0.4) is 0 Å². The van der Waals surface area contributed by atoms with E-state index in [-0.39, 0.29) is 23.5 Å². The number of methoxy groups -OCH3 is 1. The van der Waals surface area contributed by atoms with E-state index in [0.29, 0.717) is 17.7 Å². The maximum atomic E-state index is 12.9. The van der Waals surface area contributed by atoms with Gasteiger partial charge in [0.15, 0.2) is 0 Å². The van der Waals surface area contributed by atoms with E-state index in [1.165, 1.54) is 18.2 Å². The SMILES string of the molecule is COc1ccc(C2(CNC(=O)c3c(C)coc3CC(=O)O)CCCCC2)cc1. The fourth-order valence-electron chi connectivity index (χ4n) is 4.15. The molecule has 1 aliphatic carbocycles. The van der Waals surface area contributed by atoms with Gasteiger partial charge in [-0.05, 0) is 37.5 Å². The molecule has 28 heavy (non-hydrogen) atoms. The van der Waals surface area contributed by atoms with Crippen molar-refractivity contribution in [2.45, 2.75) is 50.9 Å². The van der Waals surface area contributed by atoms with E-state index in [1.807, 2.05) is 12.1 Å². The van der Waals surface area contributed by atoms with Crippen LogP contribution in [0.5, 0.6) is 5.75 Å². The smallest absolute Gasteiger partial charge is 0.311 e. The van der Waals surface area contributed by atoms with Crippen LogP contribution in [0.15, 0.2) is 34.9 Å². The van der Waals surface area contributed by atoms with E-state index in [1.54, 1.807) is 14.0 Å². The second kappa shape index (κ2) is 8.50.